The fourth-order valence-electron chi connectivity index (χ4n) is 0. The summed E-state index contributed by atoms with van der Waals surface area (Å²) in [4.78, 5) is 0. The Kier molecular flexibility index (Phi) is 22.2. The van der Waals surface area contributed by atoms with Crippen molar-refractivity contribution in [2.24, 2.45) is 0 Å². The summed E-state index contributed by atoms with van der Waals surface area (Å²) in [5.74, 6) is 0. The molecule has 0 aliphatic heterocycles. The van der Waals surface area contributed by atoms with Gasteiger partial charge in [0.05, 0.1) is 21.6 Å². The zero-order valence-electron chi connectivity index (χ0n) is 3.71. The van der Waals surface area contributed by atoms with Crippen LogP contribution in [-0.4, -0.2) is 27.3 Å². The van der Waals surface area contributed by atoms with Gasteiger partial charge in [-0.2, -0.15) is 0 Å². The minimum absolute atomic E-state index is 0. The molecule has 0 heterocycles. The first kappa shape index (κ1) is 16.7. The molecular weight excluding hydrogens is 374 g/mol. The van der Waals surface area contributed by atoms with Gasteiger partial charge in [0.25, 0.3) is 0 Å². The van der Waals surface area contributed by atoms with E-state index in [2.05, 4.69) is 0 Å². The van der Waals surface area contributed by atoms with Crippen molar-refractivity contribution in [3.63, 3.8) is 0 Å². The maximum absolute atomic E-state index is 8.41. The second-order valence-corrected chi connectivity index (χ2v) is 1.13. The van der Waals surface area contributed by atoms with Gasteiger partial charge in [0.15, 0.2) is 0 Å². The van der Waals surface area contributed by atoms with Gasteiger partial charge in [0.2, 0.25) is 0 Å². The molecule has 54 valence electrons. The van der Waals surface area contributed by atoms with E-state index < -0.39 is 21.6 Å². The molecule has 0 saturated heterocycles. The maximum atomic E-state index is 8.41. The first-order valence-corrected chi connectivity index (χ1v) is 2.78. The number of halogens is 2. The largest absolute Gasteiger partial charge is 2.00 e. The number of rotatable bonds is 0. The molecule has 0 aliphatic carbocycles. The summed E-state index contributed by atoms with van der Waals surface area (Å²) < 4.78 is 50.4. The van der Waals surface area contributed by atoms with Crippen molar-refractivity contribution in [2.45, 2.75) is 0 Å². The summed E-state index contributed by atoms with van der Waals surface area (Å²) in [7, 11) is -5.70. The van der Waals surface area contributed by atoms with E-state index in [0.29, 0.717) is 0 Å². The molecule has 0 rings (SSSR count). The molecule has 2 radical (unpaired) electrons. The minimum Gasteiger partial charge on any atom is -0.357 e. The monoisotopic (exact) mass is 374 g/mol. The molecule has 9 heteroatoms. The second kappa shape index (κ2) is 12.0. The third-order valence-electron chi connectivity index (χ3n) is 0. The van der Waals surface area contributed by atoms with E-state index in [9.17, 15) is 0 Å². The zero-order chi connectivity index (χ0) is 7.15. The Balaban J connectivity index is -0.0000000720. The third-order valence-corrected chi connectivity index (χ3v) is 0. The van der Waals surface area contributed by atoms with Crippen LogP contribution in [0.3, 0.4) is 0 Å². The smallest absolute Gasteiger partial charge is 0.357 e. The van der Waals surface area contributed by atoms with E-state index in [1.807, 2.05) is 0 Å². The van der Waals surface area contributed by atoms with Crippen molar-refractivity contribution >= 4 is 27.3 Å². The fraction of sp³-hybridized carbons (Fsp3) is 0. The van der Waals surface area contributed by atoms with Gasteiger partial charge in [0, 0.05) is 0 Å². The van der Waals surface area contributed by atoms with Gasteiger partial charge in [-0.25, -0.2) is 0 Å². The first-order chi connectivity index (χ1) is 3.46. The summed E-state index contributed by atoms with van der Waals surface area (Å²) in [5.41, 5.74) is 0. The molecule has 0 fully saturated rings. The minimum atomic E-state index is -2.85. The molecule has 0 aromatic carbocycles. The Morgan fingerprint density at radius 1 is 0.556 bits per heavy atom. The molecule has 6 nitrogen and oxygen atoms in total. The normalized spacial score (nSPS) is 8.00. The van der Waals surface area contributed by atoms with Crippen LogP contribution in [0.25, 0.3) is 0 Å². The summed E-state index contributed by atoms with van der Waals surface area (Å²) in [6.07, 6.45) is 0. The van der Waals surface area contributed by atoms with Crippen molar-refractivity contribution in [2.75, 3.05) is 0 Å². The van der Waals surface area contributed by atoms with E-state index >= 15 is 0 Å². The van der Waals surface area contributed by atoms with Crippen LogP contribution in [0.2, 0.25) is 0 Å². The van der Waals surface area contributed by atoms with Crippen LogP contribution in [0.1, 0.15) is 0 Å². The van der Waals surface area contributed by atoms with Crippen LogP contribution in [-0.2, 0) is 0 Å². The SMILES string of the molecule is [O-][Cl+2]([O-])[O-].[O-][Cl+2]([O-])[O-].[Pb+2]. The Labute approximate surface area is 76.7 Å². The Bertz CT molecular complexity index is 26.5. The van der Waals surface area contributed by atoms with Crippen molar-refractivity contribution < 1.29 is 49.5 Å². The topological polar surface area (TPSA) is 138 Å². The number of hydrogen-bond donors (Lipinski definition) is 0. The van der Waals surface area contributed by atoms with Gasteiger partial charge in [0.1, 0.15) is 0 Å². The third kappa shape index (κ3) is 307. The van der Waals surface area contributed by atoms with Gasteiger partial charge >= 0.3 is 27.3 Å². The molecule has 0 N–H and O–H groups in total. The van der Waals surface area contributed by atoms with Crippen molar-refractivity contribution in [3.8, 4) is 0 Å². The molecular formula is Cl2O6Pb. The average molecular weight is 374 g/mol. The molecule has 9 heavy (non-hydrogen) atoms. The van der Waals surface area contributed by atoms with Crippen LogP contribution in [0, 0.1) is 21.6 Å². The molecule has 0 atom stereocenters. The van der Waals surface area contributed by atoms with E-state index in [1.54, 1.807) is 0 Å². The molecule has 0 amide bonds. The molecule has 0 bridgehead atoms. The van der Waals surface area contributed by atoms with E-state index in [0.717, 1.165) is 0 Å². The molecule has 0 saturated carbocycles. The summed E-state index contributed by atoms with van der Waals surface area (Å²) in [5, 5.41) is 0. The predicted molar refractivity (Wildman–Crippen MR) is 5.75 cm³/mol. The fourth-order valence-corrected chi connectivity index (χ4v) is 0. The van der Waals surface area contributed by atoms with Crippen molar-refractivity contribution in [3.05, 3.63) is 0 Å². The average Bonchev–Trinajstić information content (AvgIpc) is 1.25. The van der Waals surface area contributed by atoms with Crippen LogP contribution in [0.15, 0.2) is 0 Å². The Hall–Kier alpha value is 1.26. The van der Waals surface area contributed by atoms with Crippen LogP contribution in [0.4, 0.5) is 0 Å². The molecule has 0 aliphatic rings. The Morgan fingerprint density at radius 3 is 0.556 bits per heavy atom. The zero-order valence-corrected chi connectivity index (χ0v) is 9.10. The molecule has 0 aromatic rings. The van der Waals surface area contributed by atoms with Crippen molar-refractivity contribution in [1.29, 1.82) is 0 Å². The van der Waals surface area contributed by atoms with Crippen molar-refractivity contribution in [1.82, 2.24) is 0 Å². The second-order valence-electron chi connectivity index (χ2n) is 0.378. The predicted octanol–water partition coefficient (Wildman–Crippen LogP) is -7.51. The van der Waals surface area contributed by atoms with Crippen LogP contribution < -0.4 is 28.0 Å². The number of hydrogen-bond acceptors (Lipinski definition) is 6. The van der Waals surface area contributed by atoms with Gasteiger partial charge in [-0.3, -0.25) is 0 Å². The van der Waals surface area contributed by atoms with Crippen LogP contribution in [0.5, 0.6) is 0 Å². The van der Waals surface area contributed by atoms with Gasteiger partial charge in [-0.05, 0) is 0 Å². The Morgan fingerprint density at radius 2 is 0.556 bits per heavy atom. The molecule has 0 unspecified atom stereocenters. The summed E-state index contributed by atoms with van der Waals surface area (Å²) in [6, 6.07) is 0. The van der Waals surface area contributed by atoms with Gasteiger partial charge in [-0.15, -0.1) is 0 Å². The van der Waals surface area contributed by atoms with E-state index in [4.69, 9.17) is 28.0 Å². The van der Waals surface area contributed by atoms with Crippen LogP contribution >= 0.6 is 0 Å². The molecule has 0 aromatic heterocycles. The summed E-state index contributed by atoms with van der Waals surface area (Å²) >= 11 is 0. The molecule has 0 spiro atoms. The first-order valence-electron chi connectivity index (χ1n) is 0.926. The maximum Gasteiger partial charge on any atom is 2.00 e. The van der Waals surface area contributed by atoms with Gasteiger partial charge in [-0.1, -0.05) is 0 Å². The summed E-state index contributed by atoms with van der Waals surface area (Å²) in [6.45, 7) is 0. The standard InChI is InChI=1S/2ClO3.Pb/c2*2-1(3)4;/q2*-1;+2. The van der Waals surface area contributed by atoms with Gasteiger partial charge < -0.3 is 28.0 Å². The van der Waals surface area contributed by atoms with E-state index in [1.165, 1.54) is 0 Å². The quantitative estimate of drug-likeness (QED) is 0.386. The van der Waals surface area contributed by atoms with E-state index in [-0.39, 0.29) is 27.3 Å².